The van der Waals surface area contributed by atoms with Crippen molar-refractivity contribution in [2.75, 3.05) is 6.61 Å². The van der Waals surface area contributed by atoms with Crippen molar-refractivity contribution in [2.24, 2.45) is 5.92 Å². The summed E-state index contributed by atoms with van der Waals surface area (Å²) in [4.78, 5) is 10.4. The highest BCUT2D eigenvalue weighted by Crippen LogP contribution is 2.12. The maximum atomic E-state index is 13.4. The maximum absolute atomic E-state index is 13.4. The van der Waals surface area contributed by atoms with E-state index in [0.29, 0.717) is 30.3 Å². The number of carbonyl (C=O) groups is 1. The molecule has 0 aliphatic heterocycles. The summed E-state index contributed by atoms with van der Waals surface area (Å²) in [6.07, 6.45) is 4.45. The van der Waals surface area contributed by atoms with E-state index in [1.54, 1.807) is 6.07 Å². The Bertz CT molecular complexity index is 467. The molecule has 110 valence electrons. The van der Waals surface area contributed by atoms with Crippen LogP contribution in [0.25, 0.3) is 6.08 Å². The molecular formula is C16H21FO3. The third-order valence-electron chi connectivity index (χ3n) is 2.74. The Balaban J connectivity index is 2.51. The summed E-state index contributed by atoms with van der Waals surface area (Å²) in [5, 5.41) is 8.55. The molecule has 20 heavy (non-hydrogen) atoms. The first kappa shape index (κ1) is 16.4. The Kier molecular flexibility index (Phi) is 6.94. The lowest BCUT2D eigenvalue weighted by Crippen LogP contribution is -1.98. The van der Waals surface area contributed by atoms with E-state index in [4.69, 9.17) is 9.84 Å². The van der Waals surface area contributed by atoms with E-state index in [-0.39, 0.29) is 0 Å². The number of carboxylic acid groups (broad SMARTS) is 1. The minimum Gasteiger partial charge on any atom is -0.478 e. The van der Waals surface area contributed by atoms with E-state index in [2.05, 4.69) is 13.8 Å². The van der Waals surface area contributed by atoms with E-state index >= 15 is 0 Å². The Morgan fingerprint density at radius 3 is 2.80 bits per heavy atom. The van der Waals surface area contributed by atoms with Crippen molar-refractivity contribution in [1.29, 1.82) is 0 Å². The summed E-state index contributed by atoms with van der Waals surface area (Å²) < 4.78 is 18.9. The van der Waals surface area contributed by atoms with Gasteiger partial charge in [-0.3, -0.25) is 0 Å². The average Bonchev–Trinajstić information content (AvgIpc) is 2.35. The highest BCUT2D eigenvalue weighted by atomic mass is 19.1. The molecule has 0 aromatic heterocycles. The summed E-state index contributed by atoms with van der Waals surface area (Å²) in [5.74, 6) is -0.792. The lowest BCUT2D eigenvalue weighted by Gasteiger charge is -2.07. The normalized spacial score (nSPS) is 11.4. The lowest BCUT2D eigenvalue weighted by atomic mass is 10.1. The Morgan fingerprint density at radius 2 is 2.15 bits per heavy atom. The number of aliphatic carboxylic acids is 1. The van der Waals surface area contributed by atoms with Gasteiger partial charge in [-0.2, -0.15) is 0 Å². The van der Waals surface area contributed by atoms with Crippen LogP contribution in [0.15, 0.2) is 24.3 Å². The van der Waals surface area contributed by atoms with Gasteiger partial charge in [-0.15, -0.1) is 0 Å². The first-order valence-electron chi connectivity index (χ1n) is 6.75. The summed E-state index contributed by atoms with van der Waals surface area (Å²) in [7, 11) is 0. The third kappa shape index (κ3) is 7.04. The van der Waals surface area contributed by atoms with Crippen molar-refractivity contribution >= 4 is 12.0 Å². The first-order valence-corrected chi connectivity index (χ1v) is 6.75. The van der Waals surface area contributed by atoms with Crippen LogP contribution in [-0.2, 0) is 16.1 Å². The molecule has 0 saturated carbocycles. The number of rotatable bonds is 8. The molecule has 0 atom stereocenters. The molecule has 1 aromatic carbocycles. The Hall–Kier alpha value is -1.68. The second-order valence-corrected chi connectivity index (χ2v) is 5.15. The van der Waals surface area contributed by atoms with Gasteiger partial charge in [0.1, 0.15) is 5.82 Å². The van der Waals surface area contributed by atoms with Gasteiger partial charge in [0.25, 0.3) is 0 Å². The zero-order valence-corrected chi connectivity index (χ0v) is 11.9. The van der Waals surface area contributed by atoms with Gasteiger partial charge in [0.05, 0.1) is 6.61 Å². The molecule has 0 fully saturated rings. The van der Waals surface area contributed by atoms with Crippen LogP contribution >= 0.6 is 0 Å². The van der Waals surface area contributed by atoms with Crippen LogP contribution in [-0.4, -0.2) is 17.7 Å². The fourth-order valence-corrected chi connectivity index (χ4v) is 1.81. The zero-order chi connectivity index (χ0) is 15.0. The molecule has 0 aliphatic carbocycles. The second-order valence-electron chi connectivity index (χ2n) is 5.15. The molecule has 0 unspecified atom stereocenters. The standard InChI is InChI=1S/C16H21FO3/c1-12(2)4-3-7-20-11-14-8-13(5-6-16(18)19)9-15(17)10-14/h5-6,8-10,12H,3-4,7,11H2,1-2H3,(H,18,19). The molecule has 1 aromatic rings. The van der Waals surface area contributed by atoms with Gasteiger partial charge in [-0.25, -0.2) is 9.18 Å². The van der Waals surface area contributed by atoms with Crippen LogP contribution in [0.1, 0.15) is 37.8 Å². The molecule has 0 bridgehead atoms. The second kappa shape index (κ2) is 8.48. The van der Waals surface area contributed by atoms with E-state index in [1.807, 2.05) is 0 Å². The molecule has 0 radical (unpaired) electrons. The fraction of sp³-hybridized carbons (Fsp3) is 0.438. The quantitative estimate of drug-likeness (QED) is 0.580. The molecule has 0 amide bonds. The SMILES string of the molecule is CC(C)CCCOCc1cc(F)cc(C=CC(=O)O)c1. The average molecular weight is 280 g/mol. The van der Waals surface area contributed by atoms with Crippen molar-refractivity contribution in [2.45, 2.75) is 33.3 Å². The summed E-state index contributed by atoms with van der Waals surface area (Å²) in [6, 6.07) is 4.42. The maximum Gasteiger partial charge on any atom is 0.328 e. The molecular weight excluding hydrogens is 259 g/mol. The van der Waals surface area contributed by atoms with Crippen LogP contribution in [0.3, 0.4) is 0 Å². The van der Waals surface area contributed by atoms with E-state index in [9.17, 15) is 9.18 Å². The minimum absolute atomic E-state index is 0.337. The van der Waals surface area contributed by atoms with Gasteiger partial charge in [-0.05, 0) is 54.2 Å². The smallest absolute Gasteiger partial charge is 0.328 e. The predicted molar refractivity (Wildman–Crippen MR) is 76.8 cm³/mol. The first-order chi connectivity index (χ1) is 9.47. The molecule has 1 rings (SSSR count). The highest BCUT2D eigenvalue weighted by Gasteiger charge is 2.01. The van der Waals surface area contributed by atoms with Crippen LogP contribution < -0.4 is 0 Å². The molecule has 1 N–H and O–H groups in total. The van der Waals surface area contributed by atoms with Crippen molar-refractivity contribution in [1.82, 2.24) is 0 Å². The number of hydrogen-bond donors (Lipinski definition) is 1. The van der Waals surface area contributed by atoms with E-state index < -0.39 is 11.8 Å². The van der Waals surface area contributed by atoms with Gasteiger partial charge in [0.2, 0.25) is 0 Å². The van der Waals surface area contributed by atoms with Gasteiger partial charge in [0, 0.05) is 12.7 Å². The summed E-state index contributed by atoms with van der Waals surface area (Å²) in [5.41, 5.74) is 1.23. The topological polar surface area (TPSA) is 46.5 Å². The van der Waals surface area contributed by atoms with Gasteiger partial charge >= 0.3 is 5.97 Å². The van der Waals surface area contributed by atoms with Crippen molar-refractivity contribution in [3.63, 3.8) is 0 Å². The predicted octanol–water partition coefficient (Wildman–Crippen LogP) is 3.88. The zero-order valence-electron chi connectivity index (χ0n) is 11.9. The van der Waals surface area contributed by atoms with Crippen molar-refractivity contribution < 1.29 is 19.0 Å². The Morgan fingerprint density at radius 1 is 1.40 bits per heavy atom. The van der Waals surface area contributed by atoms with Gasteiger partial charge < -0.3 is 9.84 Å². The van der Waals surface area contributed by atoms with Gasteiger partial charge in [-0.1, -0.05) is 13.8 Å². The molecule has 0 saturated heterocycles. The monoisotopic (exact) mass is 280 g/mol. The molecule has 4 heteroatoms. The van der Waals surface area contributed by atoms with E-state index in [0.717, 1.165) is 18.9 Å². The number of benzene rings is 1. The Labute approximate surface area is 119 Å². The van der Waals surface area contributed by atoms with Crippen molar-refractivity contribution in [3.05, 3.63) is 41.2 Å². The number of hydrogen-bond acceptors (Lipinski definition) is 2. The summed E-state index contributed by atoms with van der Waals surface area (Å²) in [6.45, 7) is 5.31. The largest absolute Gasteiger partial charge is 0.478 e. The third-order valence-corrected chi connectivity index (χ3v) is 2.74. The molecule has 0 heterocycles. The van der Waals surface area contributed by atoms with Crippen LogP contribution in [0.2, 0.25) is 0 Å². The number of ether oxygens (including phenoxy) is 1. The van der Waals surface area contributed by atoms with Crippen molar-refractivity contribution in [3.8, 4) is 0 Å². The number of halogens is 1. The highest BCUT2D eigenvalue weighted by molar-refractivity contribution is 5.85. The van der Waals surface area contributed by atoms with E-state index in [1.165, 1.54) is 18.2 Å². The minimum atomic E-state index is -1.05. The fourth-order valence-electron chi connectivity index (χ4n) is 1.81. The molecule has 0 spiro atoms. The van der Waals surface area contributed by atoms with Crippen LogP contribution in [0.4, 0.5) is 4.39 Å². The molecule has 3 nitrogen and oxygen atoms in total. The van der Waals surface area contributed by atoms with Gasteiger partial charge in [0.15, 0.2) is 0 Å². The lowest BCUT2D eigenvalue weighted by molar-refractivity contribution is -0.131. The number of carboxylic acids is 1. The van der Waals surface area contributed by atoms with Crippen LogP contribution in [0, 0.1) is 11.7 Å². The summed E-state index contributed by atoms with van der Waals surface area (Å²) >= 11 is 0. The van der Waals surface area contributed by atoms with Crippen LogP contribution in [0.5, 0.6) is 0 Å². The molecule has 0 aliphatic rings.